The predicted molar refractivity (Wildman–Crippen MR) is 87.1 cm³/mol. The Kier molecular flexibility index (Phi) is 5.25. The van der Waals surface area contributed by atoms with Crippen LogP contribution in [0.4, 0.5) is 0 Å². The number of piperidine rings is 1. The number of amides is 1. The predicted octanol–water partition coefficient (Wildman–Crippen LogP) is 2.19. The number of aromatic nitrogens is 2. The average molecular weight is 335 g/mol. The van der Waals surface area contributed by atoms with E-state index in [1.165, 1.54) is 0 Å². The third kappa shape index (κ3) is 4.53. The zero-order valence-corrected chi connectivity index (χ0v) is 13.5. The molecule has 1 aromatic heterocycles. The van der Waals surface area contributed by atoms with Gasteiger partial charge in [-0.05, 0) is 43.7 Å². The van der Waals surface area contributed by atoms with Gasteiger partial charge in [0, 0.05) is 36.0 Å². The van der Waals surface area contributed by atoms with E-state index in [-0.39, 0.29) is 11.9 Å². The van der Waals surface area contributed by atoms with Crippen molar-refractivity contribution < 1.29 is 9.32 Å². The van der Waals surface area contributed by atoms with E-state index < -0.39 is 0 Å². The second-order valence-corrected chi connectivity index (χ2v) is 6.07. The van der Waals surface area contributed by atoms with Crippen LogP contribution in [-0.4, -0.2) is 35.2 Å². The van der Waals surface area contributed by atoms with E-state index in [0.717, 1.165) is 31.5 Å². The van der Waals surface area contributed by atoms with Gasteiger partial charge < -0.3 is 15.2 Å². The number of hydrogen-bond donors (Lipinski definition) is 2. The third-order valence-electron chi connectivity index (χ3n) is 3.80. The lowest BCUT2D eigenvalue weighted by molar-refractivity contribution is -0.121. The molecule has 0 spiro atoms. The van der Waals surface area contributed by atoms with Crippen LogP contribution in [0, 0.1) is 0 Å². The van der Waals surface area contributed by atoms with E-state index in [0.29, 0.717) is 29.6 Å². The molecule has 1 fully saturated rings. The molecule has 1 amide bonds. The van der Waals surface area contributed by atoms with E-state index in [1.807, 2.05) is 12.1 Å². The van der Waals surface area contributed by atoms with Crippen molar-refractivity contribution in [2.75, 3.05) is 13.1 Å². The van der Waals surface area contributed by atoms with Gasteiger partial charge in [-0.25, -0.2) is 0 Å². The van der Waals surface area contributed by atoms with Crippen LogP contribution >= 0.6 is 11.6 Å². The quantitative estimate of drug-likeness (QED) is 0.876. The number of carbonyl (C=O) groups is 1. The normalized spacial score (nSPS) is 17.9. The van der Waals surface area contributed by atoms with Crippen LogP contribution in [0.25, 0.3) is 11.4 Å². The Bertz CT molecular complexity index is 650. The molecule has 1 aliphatic heterocycles. The van der Waals surface area contributed by atoms with Gasteiger partial charge in [-0.2, -0.15) is 4.98 Å². The Morgan fingerprint density at radius 2 is 2.22 bits per heavy atom. The maximum Gasteiger partial charge on any atom is 0.227 e. The summed E-state index contributed by atoms with van der Waals surface area (Å²) in [5.74, 6) is 0.991. The molecule has 1 atom stereocenters. The molecule has 2 aromatic rings. The highest BCUT2D eigenvalue weighted by atomic mass is 35.5. The first-order valence-corrected chi connectivity index (χ1v) is 8.17. The highest BCUT2D eigenvalue weighted by Gasteiger charge is 2.16. The van der Waals surface area contributed by atoms with Gasteiger partial charge in [-0.3, -0.25) is 4.79 Å². The van der Waals surface area contributed by atoms with Crippen LogP contribution in [0.5, 0.6) is 0 Å². The Labute approximate surface area is 139 Å². The van der Waals surface area contributed by atoms with Gasteiger partial charge in [-0.15, -0.1) is 0 Å². The minimum Gasteiger partial charge on any atom is -0.352 e. The molecule has 23 heavy (non-hydrogen) atoms. The van der Waals surface area contributed by atoms with Crippen LogP contribution < -0.4 is 10.6 Å². The standard InChI is InChI=1S/C16H19ClN4O2/c17-12-5-3-11(4-6-12)16-20-15(23-21-16)8-7-14(22)19-13-2-1-9-18-10-13/h3-6,13,18H,1-2,7-10H2,(H,19,22). The first-order chi connectivity index (χ1) is 11.2. The number of rotatable bonds is 5. The molecule has 1 aliphatic rings. The SMILES string of the molecule is O=C(CCc1nc(-c2ccc(Cl)cc2)no1)NC1CCCNC1. The summed E-state index contributed by atoms with van der Waals surface area (Å²) in [6.45, 7) is 1.87. The summed E-state index contributed by atoms with van der Waals surface area (Å²) >= 11 is 5.86. The van der Waals surface area contributed by atoms with Crippen molar-refractivity contribution in [1.29, 1.82) is 0 Å². The molecule has 0 saturated carbocycles. The molecule has 3 rings (SSSR count). The molecule has 122 valence electrons. The van der Waals surface area contributed by atoms with Gasteiger partial charge in [-0.1, -0.05) is 16.8 Å². The van der Waals surface area contributed by atoms with Crippen LogP contribution in [0.2, 0.25) is 5.02 Å². The van der Waals surface area contributed by atoms with Gasteiger partial charge >= 0.3 is 0 Å². The molecule has 2 heterocycles. The third-order valence-corrected chi connectivity index (χ3v) is 4.05. The Balaban J connectivity index is 1.50. The van der Waals surface area contributed by atoms with E-state index >= 15 is 0 Å². The highest BCUT2D eigenvalue weighted by Crippen LogP contribution is 2.19. The fourth-order valence-corrected chi connectivity index (χ4v) is 2.69. The van der Waals surface area contributed by atoms with Crippen molar-refractivity contribution in [3.05, 3.63) is 35.2 Å². The molecule has 0 aliphatic carbocycles. The molecule has 1 saturated heterocycles. The molecule has 7 heteroatoms. The second-order valence-electron chi connectivity index (χ2n) is 5.63. The molecule has 2 N–H and O–H groups in total. The van der Waals surface area contributed by atoms with E-state index in [1.54, 1.807) is 12.1 Å². The number of nitrogens with one attached hydrogen (secondary N) is 2. The number of nitrogens with zero attached hydrogens (tertiary/aromatic N) is 2. The Morgan fingerprint density at radius 1 is 1.39 bits per heavy atom. The van der Waals surface area contributed by atoms with Crippen molar-refractivity contribution >= 4 is 17.5 Å². The van der Waals surface area contributed by atoms with Gasteiger partial charge in [0.15, 0.2) is 0 Å². The Morgan fingerprint density at radius 3 is 2.96 bits per heavy atom. The summed E-state index contributed by atoms with van der Waals surface area (Å²) in [5, 5.41) is 10.9. The molecule has 1 unspecified atom stereocenters. The lowest BCUT2D eigenvalue weighted by Crippen LogP contribution is -2.45. The van der Waals surface area contributed by atoms with Crippen molar-refractivity contribution in [2.24, 2.45) is 0 Å². The minimum atomic E-state index is 0.0185. The number of halogens is 1. The number of benzene rings is 1. The summed E-state index contributed by atoms with van der Waals surface area (Å²) < 4.78 is 5.20. The molecule has 1 aromatic carbocycles. The maximum atomic E-state index is 12.0. The van der Waals surface area contributed by atoms with Crippen LogP contribution in [0.1, 0.15) is 25.2 Å². The molecule has 0 radical (unpaired) electrons. The van der Waals surface area contributed by atoms with Gasteiger partial charge in [0.1, 0.15) is 0 Å². The zero-order chi connectivity index (χ0) is 16.1. The fraction of sp³-hybridized carbons (Fsp3) is 0.438. The first kappa shape index (κ1) is 16.0. The average Bonchev–Trinajstić information content (AvgIpc) is 3.04. The molecular weight excluding hydrogens is 316 g/mol. The zero-order valence-electron chi connectivity index (χ0n) is 12.7. The summed E-state index contributed by atoms with van der Waals surface area (Å²) in [6.07, 6.45) is 2.91. The van der Waals surface area contributed by atoms with Crippen LogP contribution in [0.3, 0.4) is 0 Å². The number of hydrogen-bond acceptors (Lipinski definition) is 5. The van der Waals surface area contributed by atoms with Crippen molar-refractivity contribution in [3.8, 4) is 11.4 Å². The lowest BCUT2D eigenvalue weighted by Gasteiger charge is -2.23. The van der Waals surface area contributed by atoms with E-state index in [2.05, 4.69) is 20.8 Å². The van der Waals surface area contributed by atoms with Crippen molar-refractivity contribution in [2.45, 2.75) is 31.7 Å². The summed E-state index contributed by atoms with van der Waals surface area (Å²) in [7, 11) is 0. The number of carbonyl (C=O) groups excluding carboxylic acids is 1. The molecule has 6 nitrogen and oxygen atoms in total. The van der Waals surface area contributed by atoms with Gasteiger partial charge in [0.25, 0.3) is 0 Å². The smallest absolute Gasteiger partial charge is 0.227 e. The maximum absolute atomic E-state index is 12.0. The second kappa shape index (κ2) is 7.57. The fourth-order valence-electron chi connectivity index (χ4n) is 2.57. The van der Waals surface area contributed by atoms with E-state index in [4.69, 9.17) is 16.1 Å². The van der Waals surface area contributed by atoms with Crippen molar-refractivity contribution in [3.63, 3.8) is 0 Å². The van der Waals surface area contributed by atoms with Gasteiger partial charge in [0.2, 0.25) is 17.6 Å². The van der Waals surface area contributed by atoms with Crippen LogP contribution in [-0.2, 0) is 11.2 Å². The highest BCUT2D eigenvalue weighted by molar-refractivity contribution is 6.30. The van der Waals surface area contributed by atoms with Crippen molar-refractivity contribution in [1.82, 2.24) is 20.8 Å². The van der Waals surface area contributed by atoms with Gasteiger partial charge in [0.05, 0.1) is 0 Å². The Hall–Kier alpha value is -1.92. The van der Waals surface area contributed by atoms with Crippen LogP contribution in [0.15, 0.2) is 28.8 Å². The number of aryl methyl sites for hydroxylation is 1. The lowest BCUT2D eigenvalue weighted by atomic mass is 10.1. The topological polar surface area (TPSA) is 80.0 Å². The minimum absolute atomic E-state index is 0.0185. The first-order valence-electron chi connectivity index (χ1n) is 7.79. The summed E-state index contributed by atoms with van der Waals surface area (Å²) in [4.78, 5) is 16.3. The monoisotopic (exact) mass is 334 g/mol. The summed E-state index contributed by atoms with van der Waals surface area (Å²) in [5.41, 5.74) is 0.835. The largest absolute Gasteiger partial charge is 0.352 e. The molecular formula is C16H19ClN4O2. The molecule has 0 bridgehead atoms. The summed E-state index contributed by atoms with van der Waals surface area (Å²) in [6, 6.07) is 7.44. The van der Waals surface area contributed by atoms with E-state index in [9.17, 15) is 4.79 Å².